The molecule has 0 aromatic heterocycles. The zero-order chi connectivity index (χ0) is 6.53. The largest absolute Gasteiger partial charge is 0.306 e. The minimum absolute atomic E-state index is 0.356. The molecule has 1 nitrogen and oxygen atoms in total. The van der Waals surface area contributed by atoms with Crippen LogP contribution in [0.1, 0.15) is 38.5 Å². The van der Waals surface area contributed by atoms with E-state index < -0.39 is 0 Å². The van der Waals surface area contributed by atoms with Gasteiger partial charge in [0.2, 0.25) is 0 Å². The van der Waals surface area contributed by atoms with E-state index in [4.69, 9.17) is 0 Å². The summed E-state index contributed by atoms with van der Waals surface area (Å²) in [5, 5.41) is 0. The molecule has 0 radical (unpaired) electrons. The first kappa shape index (κ1) is 6.66. The summed E-state index contributed by atoms with van der Waals surface area (Å²) in [4.78, 5) is 10.8. The van der Waals surface area contributed by atoms with Crippen molar-refractivity contribution in [2.45, 2.75) is 38.5 Å². The van der Waals surface area contributed by atoms with Crippen LogP contribution in [0.5, 0.6) is 0 Å². The highest BCUT2D eigenvalue weighted by Crippen LogP contribution is 2.12. The Balaban J connectivity index is 2.20. The van der Waals surface area contributed by atoms with Gasteiger partial charge in [0.25, 0.3) is 0 Å². The highest BCUT2D eigenvalue weighted by molar-refractivity contribution is 5.86. The molecule has 1 saturated carbocycles. The standard InChI is InChI=1S/C8H13O/c9-8-6-4-2-1-3-5-7-8/h6H,1-5,7H2/q+1. The average Bonchev–Trinajstić information content (AvgIpc) is 1.79. The molecular formula is C8H13O+. The lowest BCUT2D eigenvalue weighted by Gasteiger charge is -1.99. The smallest absolute Gasteiger partial charge is 0.244 e. The highest BCUT2D eigenvalue weighted by atomic mass is 16.1. The Morgan fingerprint density at radius 3 is 2.78 bits per heavy atom. The Morgan fingerprint density at radius 2 is 1.89 bits per heavy atom. The van der Waals surface area contributed by atoms with E-state index in [1.807, 2.05) is 6.42 Å². The average molecular weight is 125 g/mol. The molecule has 0 atom stereocenters. The van der Waals surface area contributed by atoms with Crippen molar-refractivity contribution in [2.24, 2.45) is 0 Å². The molecule has 0 aromatic rings. The minimum atomic E-state index is 0.356. The molecule has 0 N–H and O–H groups in total. The van der Waals surface area contributed by atoms with Crippen LogP contribution in [0, 0.1) is 6.42 Å². The van der Waals surface area contributed by atoms with Crippen LogP contribution in [0.25, 0.3) is 0 Å². The first-order valence-corrected chi connectivity index (χ1v) is 3.75. The number of hydrogen-bond acceptors (Lipinski definition) is 1. The monoisotopic (exact) mass is 125 g/mol. The summed E-state index contributed by atoms with van der Waals surface area (Å²) < 4.78 is 0. The van der Waals surface area contributed by atoms with Gasteiger partial charge in [0.05, 0.1) is 12.8 Å². The molecule has 1 heteroatoms. The van der Waals surface area contributed by atoms with Crippen LogP contribution in [0.4, 0.5) is 0 Å². The van der Waals surface area contributed by atoms with E-state index in [9.17, 15) is 4.79 Å². The topological polar surface area (TPSA) is 17.1 Å². The number of ketones is 1. The molecule has 0 aromatic carbocycles. The lowest BCUT2D eigenvalue weighted by Crippen LogP contribution is -2.01. The van der Waals surface area contributed by atoms with Crippen molar-refractivity contribution >= 4 is 5.78 Å². The fourth-order valence-electron chi connectivity index (χ4n) is 1.16. The molecule has 0 saturated heterocycles. The summed E-state index contributed by atoms with van der Waals surface area (Å²) in [5.74, 6) is 0.356. The van der Waals surface area contributed by atoms with Gasteiger partial charge in [-0.25, -0.2) is 4.79 Å². The van der Waals surface area contributed by atoms with E-state index in [1.165, 1.54) is 19.3 Å². The summed E-state index contributed by atoms with van der Waals surface area (Å²) in [6.07, 6.45) is 8.53. The molecule has 0 amide bonds. The number of rotatable bonds is 0. The Hall–Kier alpha value is -0.460. The minimum Gasteiger partial charge on any atom is -0.244 e. The van der Waals surface area contributed by atoms with Crippen molar-refractivity contribution < 1.29 is 4.79 Å². The molecule has 0 aliphatic heterocycles. The zero-order valence-electron chi connectivity index (χ0n) is 5.73. The molecule has 0 heterocycles. The zero-order valence-corrected chi connectivity index (χ0v) is 5.73. The molecule has 0 spiro atoms. The maximum absolute atomic E-state index is 10.8. The fourth-order valence-corrected chi connectivity index (χ4v) is 1.16. The molecule has 1 aliphatic carbocycles. The second-order valence-electron chi connectivity index (χ2n) is 2.62. The van der Waals surface area contributed by atoms with Crippen molar-refractivity contribution in [2.75, 3.05) is 0 Å². The molecule has 0 unspecified atom stereocenters. The van der Waals surface area contributed by atoms with E-state index in [2.05, 4.69) is 0 Å². The van der Waals surface area contributed by atoms with Gasteiger partial charge < -0.3 is 0 Å². The third kappa shape index (κ3) is 2.54. The highest BCUT2D eigenvalue weighted by Gasteiger charge is 2.13. The van der Waals surface area contributed by atoms with Crippen LogP contribution in [-0.2, 0) is 4.79 Å². The number of carbonyl (C=O) groups excluding carboxylic acids is 1. The van der Waals surface area contributed by atoms with Crippen LogP contribution in [-0.4, -0.2) is 5.78 Å². The van der Waals surface area contributed by atoms with Gasteiger partial charge >= 0.3 is 5.78 Å². The second-order valence-corrected chi connectivity index (χ2v) is 2.62. The van der Waals surface area contributed by atoms with Crippen LogP contribution >= 0.6 is 0 Å². The van der Waals surface area contributed by atoms with Gasteiger partial charge in [0.15, 0.2) is 0 Å². The van der Waals surface area contributed by atoms with Crippen LogP contribution < -0.4 is 0 Å². The fraction of sp³-hybridized carbons (Fsp3) is 0.750. The number of hydrogen-bond donors (Lipinski definition) is 0. The lowest BCUT2D eigenvalue weighted by molar-refractivity contribution is -0.116. The Morgan fingerprint density at radius 1 is 1.11 bits per heavy atom. The van der Waals surface area contributed by atoms with Crippen molar-refractivity contribution in [1.29, 1.82) is 0 Å². The van der Waals surface area contributed by atoms with Crippen molar-refractivity contribution in [1.82, 2.24) is 0 Å². The van der Waals surface area contributed by atoms with Crippen LogP contribution in [0.2, 0.25) is 0 Å². The van der Waals surface area contributed by atoms with Gasteiger partial charge in [0, 0.05) is 0 Å². The molecule has 1 rings (SSSR count). The molecule has 9 heavy (non-hydrogen) atoms. The number of carbonyl (C=O) groups is 1. The van der Waals surface area contributed by atoms with Gasteiger partial charge in [-0.15, -0.1) is 0 Å². The Kier molecular flexibility index (Phi) is 2.62. The first-order valence-electron chi connectivity index (χ1n) is 3.75. The Bertz CT molecular complexity index is 86.7. The second kappa shape index (κ2) is 3.54. The Labute approximate surface area is 56.4 Å². The van der Waals surface area contributed by atoms with Crippen molar-refractivity contribution in [3.05, 3.63) is 6.42 Å². The molecule has 50 valence electrons. The first-order chi connectivity index (χ1) is 4.39. The normalized spacial score (nSPS) is 22.0. The maximum Gasteiger partial charge on any atom is 0.306 e. The molecular weight excluding hydrogens is 112 g/mol. The van der Waals surface area contributed by atoms with Gasteiger partial charge in [-0.1, -0.05) is 6.42 Å². The SMILES string of the molecule is O=C1[CH+]CCCCCC1. The predicted molar refractivity (Wildman–Crippen MR) is 37.0 cm³/mol. The van der Waals surface area contributed by atoms with Gasteiger partial charge in [-0.2, -0.15) is 0 Å². The summed E-state index contributed by atoms with van der Waals surface area (Å²) >= 11 is 0. The molecule has 1 aliphatic rings. The van der Waals surface area contributed by atoms with Crippen LogP contribution in [0.15, 0.2) is 0 Å². The molecule has 1 fully saturated rings. The lowest BCUT2D eigenvalue weighted by atomic mass is 10.0. The third-order valence-electron chi connectivity index (χ3n) is 1.75. The number of Topliss-reactive ketones (excluding diaryl/α,β-unsaturated/α-hetero) is 1. The summed E-state index contributed by atoms with van der Waals surface area (Å²) in [7, 11) is 0. The summed E-state index contributed by atoms with van der Waals surface area (Å²) in [6, 6.07) is 0. The van der Waals surface area contributed by atoms with E-state index >= 15 is 0 Å². The van der Waals surface area contributed by atoms with E-state index in [-0.39, 0.29) is 0 Å². The van der Waals surface area contributed by atoms with Gasteiger partial charge in [0.1, 0.15) is 6.42 Å². The summed E-state index contributed by atoms with van der Waals surface area (Å²) in [6.45, 7) is 0. The maximum atomic E-state index is 10.8. The van der Waals surface area contributed by atoms with Crippen molar-refractivity contribution in [3.8, 4) is 0 Å². The van der Waals surface area contributed by atoms with E-state index in [1.54, 1.807) is 0 Å². The summed E-state index contributed by atoms with van der Waals surface area (Å²) in [5.41, 5.74) is 0. The van der Waals surface area contributed by atoms with E-state index in [0.29, 0.717) is 5.78 Å². The third-order valence-corrected chi connectivity index (χ3v) is 1.75. The van der Waals surface area contributed by atoms with E-state index in [0.717, 1.165) is 19.3 Å². The van der Waals surface area contributed by atoms with Gasteiger partial charge in [-0.3, -0.25) is 0 Å². The quantitative estimate of drug-likeness (QED) is 0.453. The van der Waals surface area contributed by atoms with Gasteiger partial charge in [-0.05, 0) is 19.3 Å². The molecule has 0 bridgehead atoms. The van der Waals surface area contributed by atoms with Crippen molar-refractivity contribution in [3.63, 3.8) is 0 Å². The van der Waals surface area contributed by atoms with Crippen LogP contribution in [0.3, 0.4) is 0 Å². The predicted octanol–water partition coefficient (Wildman–Crippen LogP) is 2.11.